The first kappa shape index (κ1) is 16.4. The number of aromatic nitrogens is 1. The summed E-state index contributed by atoms with van der Waals surface area (Å²) in [5.41, 5.74) is 1.66. The molecule has 1 aliphatic rings. The van der Waals surface area contributed by atoms with Crippen molar-refractivity contribution in [1.29, 1.82) is 0 Å². The van der Waals surface area contributed by atoms with Crippen LogP contribution in [0.15, 0.2) is 24.5 Å². The Morgan fingerprint density at radius 3 is 2.57 bits per heavy atom. The molecule has 0 radical (unpaired) electrons. The van der Waals surface area contributed by atoms with Gasteiger partial charge in [-0.25, -0.2) is 0 Å². The van der Waals surface area contributed by atoms with Crippen molar-refractivity contribution >= 4 is 0 Å². The van der Waals surface area contributed by atoms with Gasteiger partial charge in [0.05, 0.1) is 0 Å². The van der Waals surface area contributed by atoms with Crippen LogP contribution in [-0.2, 0) is 6.54 Å². The number of hydrogen-bond donors (Lipinski definition) is 1. The minimum absolute atomic E-state index is 0.292. The van der Waals surface area contributed by atoms with E-state index in [-0.39, 0.29) is 0 Å². The first-order valence-corrected chi connectivity index (χ1v) is 8.28. The lowest BCUT2D eigenvalue weighted by Crippen LogP contribution is -2.61. The van der Waals surface area contributed by atoms with Crippen LogP contribution in [0, 0.1) is 11.3 Å². The molecular formula is C18H31N3. The van der Waals surface area contributed by atoms with Crippen LogP contribution in [0.25, 0.3) is 0 Å². The van der Waals surface area contributed by atoms with Crippen LogP contribution in [0.5, 0.6) is 0 Å². The summed E-state index contributed by atoms with van der Waals surface area (Å²) >= 11 is 0. The second-order valence-electron chi connectivity index (χ2n) is 7.57. The van der Waals surface area contributed by atoms with Crippen molar-refractivity contribution in [2.24, 2.45) is 11.3 Å². The molecule has 1 N–H and O–H groups in total. The molecule has 0 aromatic carbocycles. The molecule has 3 unspecified atom stereocenters. The number of nitrogens with one attached hydrogen (secondary N) is 1. The molecule has 1 aromatic rings. The van der Waals surface area contributed by atoms with Gasteiger partial charge in [-0.15, -0.1) is 0 Å². The molecule has 0 amide bonds. The lowest BCUT2D eigenvalue weighted by atomic mass is 9.82. The van der Waals surface area contributed by atoms with E-state index in [2.05, 4.69) is 62.0 Å². The molecule has 0 saturated carbocycles. The van der Waals surface area contributed by atoms with Gasteiger partial charge in [0, 0.05) is 44.1 Å². The average Bonchev–Trinajstić information content (AvgIpc) is 2.46. The average molecular weight is 289 g/mol. The van der Waals surface area contributed by atoms with Gasteiger partial charge in [-0.05, 0) is 29.0 Å². The number of nitrogens with zero attached hydrogens (tertiary/aromatic N) is 2. The number of hydrogen-bond acceptors (Lipinski definition) is 3. The fraction of sp³-hybridized carbons (Fsp3) is 0.722. The Balaban J connectivity index is 2.13. The molecule has 1 aromatic heterocycles. The van der Waals surface area contributed by atoms with Gasteiger partial charge in [0.15, 0.2) is 0 Å². The molecule has 21 heavy (non-hydrogen) atoms. The molecule has 2 rings (SSSR count). The highest BCUT2D eigenvalue weighted by molar-refractivity contribution is 5.10. The van der Waals surface area contributed by atoms with Gasteiger partial charge in [-0.1, -0.05) is 41.0 Å². The Bertz CT molecular complexity index is 424. The maximum absolute atomic E-state index is 4.13. The van der Waals surface area contributed by atoms with E-state index in [0.29, 0.717) is 17.5 Å². The summed E-state index contributed by atoms with van der Waals surface area (Å²) < 4.78 is 0. The molecule has 3 heteroatoms. The molecule has 0 spiro atoms. The predicted octanol–water partition coefficient (Wildman–Crippen LogP) is 3.32. The Morgan fingerprint density at radius 1 is 1.33 bits per heavy atom. The maximum atomic E-state index is 4.13. The molecule has 118 valence electrons. The van der Waals surface area contributed by atoms with Crippen molar-refractivity contribution in [1.82, 2.24) is 15.2 Å². The van der Waals surface area contributed by atoms with Crippen LogP contribution in [0.4, 0.5) is 0 Å². The van der Waals surface area contributed by atoms with E-state index in [1.54, 1.807) is 0 Å². The summed E-state index contributed by atoms with van der Waals surface area (Å²) in [7, 11) is 0. The van der Waals surface area contributed by atoms with Crippen LogP contribution in [0.2, 0.25) is 0 Å². The third kappa shape index (κ3) is 4.27. The van der Waals surface area contributed by atoms with Crippen molar-refractivity contribution in [2.75, 3.05) is 13.1 Å². The predicted molar refractivity (Wildman–Crippen MR) is 89.1 cm³/mol. The molecular weight excluding hydrogens is 258 g/mol. The molecule has 1 saturated heterocycles. The van der Waals surface area contributed by atoms with Crippen LogP contribution >= 0.6 is 0 Å². The lowest BCUT2D eigenvalue weighted by Gasteiger charge is -2.47. The molecule has 2 heterocycles. The van der Waals surface area contributed by atoms with E-state index < -0.39 is 0 Å². The monoisotopic (exact) mass is 289 g/mol. The van der Waals surface area contributed by atoms with E-state index in [0.717, 1.165) is 25.6 Å². The van der Waals surface area contributed by atoms with Crippen LogP contribution in [-0.4, -0.2) is 35.1 Å². The van der Waals surface area contributed by atoms with Gasteiger partial charge in [0.1, 0.15) is 0 Å². The van der Waals surface area contributed by atoms with E-state index in [1.807, 2.05) is 12.4 Å². The fourth-order valence-corrected chi connectivity index (χ4v) is 3.25. The number of pyridine rings is 1. The van der Waals surface area contributed by atoms with Gasteiger partial charge in [-0.3, -0.25) is 9.88 Å². The minimum Gasteiger partial charge on any atom is -0.311 e. The topological polar surface area (TPSA) is 28.2 Å². The summed E-state index contributed by atoms with van der Waals surface area (Å²) in [5, 5.41) is 3.79. The van der Waals surface area contributed by atoms with Gasteiger partial charge in [-0.2, -0.15) is 0 Å². The zero-order valence-electron chi connectivity index (χ0n) is 14.3. The second-order valence-corrected chi connectivity index (χ2v) is 7.57. The van der Waals surface area contributed by atoms with E-state index in [4.69, 9.17) is 0 Å². The standard InChI is InChI=1S/C18H31N3/c1-6-14(2)16-13-21(12-15-7-9-19-10-8-15)17(11-20-16)18(3,4)5/h7-10,14,16-17,20H,6,11-13H2,1-5H3. The van der Waals surface area contributed by atoms with Crippen molar-refractivity contribution < 1.29 is 0 Å². The molecule has 0 aliphatic carbocycles. The first-order valence-electron chi connectivity index (χ1n) is 8.28. The highest BCUT2D eigenvalue weighted by Crippen LogP contribution is 2.29. The Kier molecular flexibility index (Phi) is 5.39. The minimum atomic E-state index is 0.292. The summed E-state index contributed by atoms with van der Waals surface area (Å²) in [4.78, 5) is 6.80. The first-order chi connectivity index (χ1) is 9.91. The molecule has 3 nitrogen and oxygen atoms in total. The van der Waals surface area contributed by atoms with Crippen molar-refractivity contribution in [3.05, 3.63) is 30.1 Å². The third-order valence-electron chi connectivity index (χ3n) is 4.91. The fourth-order valence-electron chi connectivity index (χ4n) is 3.25. The Morgan fingerprint density at radius 2 is 2.00 bits per heavy atom. The second kappa shape index (κ2) is 6.89. The van der Waals surface area contributed by atoms with Crippen LogP contribution in [0.3, 0.4) is 0 Å². The van der Waals surface area contributed by atoms with Gasteiger partial charge in [0.2, 0.25) is 0 Å². The normalized spacial score (nSPS) is 25.8. The van der Waals surface area contributed by atoms with Crippen molar-refractivity contribution in [2.45, 2.75) is 59.7 Å². The largest absolute Gasteiger partial charge is 0.311 e. The number of piperazine rings is 1. The van der Waals surface area contributed by atoms with E-state index in [9.17, 15) is 0 Å². The van der Waals surface area contributed by atoms with Gasteiger partial charge >= 0.3 is 0 Å². The smallest absolute Gasteiger partial charge is 0.0273 e. The summed E-state index contributed by atoms with van der Waals surface area (Å²) in [6.45, 7) is 14.9. The third-order valence-corrected chi connectivity index (χ3v) is 4.91. The zero-order valence-corrected chi connectivity index (χ0v) is 14.3. The number of rotatable bonds is 4. The SMILES string of the molecule is CCC(C)C1CN(Cc2ccncc2)C(C(C)(C)C)CN1. The highest BCUT2D eigenvalue weighted by atomic mass is 15.2. The molecule has 0 bridgehead atoms. The highest BCUT2D eigenvalue weighted by Gasteiger charge is 2.36. The lowest BCUT2D eigenvalue weighted by molar-refractivity contribution is 0.0379. The van der Waals surface area contributed by atoms with Crippen molar-refractivity contribution in [3.8, 4) is 0 Å². The van der Waals surface area contributed by atoms with Gasteiger partial charge in [0.25, 0.3) is 0 Å². The van der Waals surface area contributed by atoms with E-state index >= 15 is 0 Å². The Hall–Kier alpha value is -0.930. The van der Waals surface area contributed by atoms with Crippen molar-refractivity contribution in [3.63, 3.8) is 0 Å². The summed E-state index contributed by atoms with van der Waals surface area (Å²) in [6, 6.07) is 5.46. The van der Waals surface area contributed by atoms with Crippen LogP contribution < -0.4 is 5.32 Å². The maximum Gasteiger partial charge on any atom is 0.0273 e. The molecule has 1 aliphatic heterocycles. The summed E-state index contributed by atoms with van der Waals surface area (Å²) in [5.74, 6) is 0.728. The molecule has 1 fully saturated rings. The molecule has 3 atom stereocenters. The quantitative estimate of drug-likeness (QED) is 0.921. The zero-order chi connectivity index (χ0) is 15.5. The van der Waals surface area contributed by atoms with Crippen LogP contribution in [0.1, 0.15) is 46.6 Å². The Labute approximate surface area is 130 Å². The van der Waals surface area contributed by atoms with Gasteiger partial charge < -0.3 is 5.32 Å². The summed E-state index contributed by atoms with van der Waals surface area (Å²) in [6.07, 6.45) is 5.03. The van der Waals surface area contributed by atoms with E-state index in [1.165, 1.54) is 12.0 Å².